The standard InChI is InChI=1S/C23H25ClN4OS/c1-12(2)10-18(29)11-19-22-27-26-15(5)28(22)23-20(13(3)14(4)30-23)21(25-19)16-6-8-17(24)9-7-16/h6-9,12,19H,10-11H2,1-5H3. The molecule has 7 heteroatoms. The van der Waals surface area contributed by atoms with Crippen molar-refractivity contribution in [1.82, 2.24) is 14.8 Å². The minimum absolute atomic E-state index is 0.194. The van der Waals surface area contributed by atoms with Gasteiger partial charge in [-0.1, -0.05) is 37.6 Å². The number of carbonyl (C=O) groups excluding carboxylic acids is 1. The summed E-state index contributed by atoms with van der Waals surface area (Å²) in [5.74, 6) is 2.05. The van der Waals surface area contributed by atoms with Crippen LogP contribution in [-0.4, -0.2) is 26.3 Å². The van der Waals surface area contributed by atoms with Crippen LogP contribution >= 0.6 is 22.9 Å². The third-order valence-corrected chi connectivity index (χ3v) is 6.86. The van der Waals surface area contributed by atoms with Crippen molar-refractivity contribution in [2.75, 3.05) is 0 Å². The van der Waals surface area contributed by atoms with Gasteiger partial charge in [0.1, 0.15) is 22.7 Å². The van der Waals surface area contributed by atoms with E-state index in [0.717, 1.165) is 33.5 Å². The summed E-state index contributed by atoms with van der Waals surface area (Å²) in [6.07, 6.45) is 0.857. The minimum Gasteiger partial charge on any atom is -0.300 e. The van der Waals surface area contributed by atoms with Crippen molar-refractivity contribution in [3.63, 3.8) is 0 Å². The van der Waals surface area contributed by atoms with Crippen molar-refractivity contribution in [3.8, 4) is 5.00 Å². The number of benzene rings is 1. The van der Waals surface area contributed by atoms with Crippen LogP contribution in [0.5, 0.6) is 0 Å². The highest BCUT2D eigenvalue weighted by molar-refractivity contribution is 7.15. The molecule has 0 saturated carbocycles. The van der Waals surface area contributed by atoms with Gasteiger partial charge in [0.2, 0.25) is 0 Å². The van der Waals surface area contributed by atoms with Gasteiger partial charge in [-0.05, 0) is 44.4 Å². The Labute approximate surface area is 185 Å². The lowest BCUT2D eigenvalue weighted by Crippen LogP contribution is -2.12. The van der Waals surface area contributed by atoms with E-state index in [0.29, 0.717) is 23.8 Å². The maximum atomic E-state index is 12.7. The van der Waals surface area contributed by atoms with Crippen LogP contribution in [0.25, 0.3) is 5.00 Å². The Hall–Kier alpha value is -2.31. The van der Waals surface area contributed by atoms with Crippen LogP contribution in [-0.2, 0) is 4.79 Å². The third-order valence-electron chi connectivity index (χ3n) is 5.41. The molecule has 3 aromatic rings. The summed E-state index contributed by atoms with van der Waals surface area (Å²) >= 11 is 7.85. The van der Waals surface area contributed by atoms with Gasteiger partial charge >= 0.3 is 0 Å². The van der Waals surface area contributed by atoms with Gasteiger partial charge in [0.25, 0.3) is 0 Å². The molecular formula is C23H25ClN4OS. The van der Waals surface area contributed by atoms with Gasteiger partial charge in [-0.2, -0.15) is 0 Å². The number of hydrogen-bond donors (Lipinski definition) is 0. The molecule has 0 aliphatic carbocycles. The molecule has 1 unspecified atom stereocenters. The van der Waals surface area contributed by atoms with Crippen LogP contribution in [0.4, 0.5) is 0 Å². The van der Waals surface area contributed by atoms with Gasteiger partial charge in [-0.3, -0.25) is 14.4 Å². The van der Waals surface area contributed by atoms with Crippen molar-refractivity contribution < 1.29 is 4.79 Å². The van der Waals surface area contributed by atoms with Crippen molar-refractivity contribution in [3.05, 3.63) is 62.5 Å². The van der Waals surface area contributed by atoms with Crippen molar-refractivity contribution in [1.29, 1.82) is 0 Å². The molecule has 156 valence electrons. The second-order valence-corrected chi connectivity index (χ2v) is 9.89. The Bertz CT molecular complexity index is 1140. The molecule has 0 bridgehead atoms. The molecule has 0 fully saturated rings. The summed E-state index contributed by atoms with van der Waals surface area (Å²) in [6.45, 7) is 10.3. The molecule has 5 nitrogen and oxygen atoms in total. The number of thiophene rings is 1. The fraction of sp³-hybridized carbons (Fsp3) is 0.391. The molecule has 0 spiro atoms. The molecule has 1 aromatic carbocycles. The number of aliphatic imine (C=N–C) groups is 1. The lowest BCUT2D eigenvalue weighted by Gasteiger charge is -2.13. The normalized spacial score (nSPS) is 15.6. The summed E-state index contributed by atoms with van der Waals surface area (Å²) in [6, 6.07) is 7.36. The molecular weight excluding hydrogens is 416 g/mol. The van der Waals surface area contributed by atoms with Crippen LogP contribution in [0.15, 0.2) is 29.3 Å². The lowest BCUT2D eigenvalue weighted by molar-refractivity contribution is -0.120. The second kappa shape index (κ2) is 8.08. The molecule has 0 saturated heterocycles. The quantitative estimate of drug-likeness (QED) is 0.503. The SMILES string of the molecule is Cc1sc2c(c1C)C(c1ccc(Cl)cc1)=NC(CC(=O)CC(C)C)c1nnc(C)n1-2. The maximum Gasteiger partial charge on any atom is 0.163 e. The predicted octanol–water partition coefficient (Wildman–Crippen LogP) is 5.80. The first kappa shape index (κ1) is 20.9. The van der Waals surface area contributed by atoms with Gasteiger partial charge in [0.05, 0.1) is 5.71 Å². The molecule has 0 radical (unpaired) electrons. The van der Waals surface area contributed by atoms with Crippen LogP contribution in [0.1, 0.15) is 65.9 Å². The summed E-state index contributed by atoms with van der Waals surface area (Å²) in [4.78, 5) is 19.1. The number of nitrogens with zero attached hydrogens (tertiary/aromatic N) is 4. The summed E-state index contributed by atoms with van der Waals surface area (Å²) in [7, 11) is 0. The zero-order valence-corrected chi connectivity index (χ0v) is 19.4. The van der Waals surface area contributed by atoms with Crippen molar-refractivity contribution >= 4 is 34.4 Å². The smallest absolute Gasteiger partial charge is 0.163 e. The minimum atomic E-state index is -0.373. The summed E-state index contributed by atoms with van der Waals surface area (Å²) in [5.41, 5.74) is 4.15. The van der Waals surface area contributed by atoms with Crippen LogP contribution in [0, 0.1) is 26.7 Å². The predicted molar refractivity (Wildman–Crippen MR) is 122 cm³/mol. The Balaban J connectivity index is 1.93. The number of fused-ring (bicyclic) bond motifs is 3. The highest BCUT2D eigenvalue weighted by Crippen LogP contribution is 2.39. The second-order valence-electron chi connectivity index (χ2n) is 8.25. The third kappa shape index (κ3) is 3.74. The fourth-order valence-electron chi connectivity index (χ4n) is 3.89. The van der Waals surface area contributed by atoms with E-state index in [1.54, 1.807) is 11.3 Å². The number of Topliss-reactive ketones (excluding diaryl/α,β-unsaturated/α-hetero) is 1. The first-order valence-electron chi connectivity index (χ1n) is 10.1. The van der Waals surface area contributed by atoms with E-state index in [2.05, 4.69) is 42.5 Å². The average molecular weight is 441 g/mol. The van der Waals surface area contributed by atoms with Crippen LogP contribution < -0.4 is 0 Å². The zero-order chi connectivity index (χ0) is 21.6. The van der Waals surface area contributed by atoms with E-state index in [4.69, 9.17) is 16.6 Å². The Kier molecular flexibility index (Phi) is 5.64. The number of halogens is 1. The van der Waals surface area contributed by atoms with Gasteiger partial charge in [-0.25, -0.2) is 0 Å². The zero-order valence-electron chi connectivity index (χ0n) is 17.9. The van der Waals surface area contributed by atoms with E-state index in [9.17, 15) is 4.79 Å². The monoisotopic (exact) mass is 440 g/mol. The number of rotatable bonds is 5. The first-order valence-corrected chi connectivity index (χ1v) is 11.3. The number of ketones is 1. The maximum absolute atomic E-state index is 12.7. The Morgan fingerprint density at radius 1 is 1.17 bits per heavy atom. The number of aryl methyl sites for hydroxylation is 2. The summed E-state index contributed by atoms with van der Waals surface area (Å²) in [5, 5.41) is 10.5. The molecule has 0 amide bonds. The van der Waals surface area contributed by atoms with E-state index >= 15 is 0 Å². The van der Waals surface area contributed by atoms with Gasteiger partial charge in [0.15, 0.2) is 5.82 Å². The largest absolute Gasteiger partial charge is 0.300 e. The molecule has 1 aliphatic rings. The lowest BCUT2D eigenvalue weighted by atomic mass is 9.99. The number of carbonyl (C=O) groups is 1. The molecule has 30 heavy (non-hydrogen) atoms. The van der Waals surface area contributed by atoms with Gasteiger partial charge in [0, 0.05) is 33.9 Å². The number of aromatic nitrogens is 3. The highest BCUT2D eigenvalue weighted by atomic mass is 35.5. The summed E-state index contributed by atoms with van der Waals surface area (Å²) < 4.78 is 2.08. The topological polar surface area (TPSA) is 60.1 Å². The van der Waals surface area contributed by atoms with E-state index in [1.807, 2.05) is 31.2 Å². The molecule has 4 rings (SSSR count). The van der Waals surface area contributed by atoms with Crippen molar-refractivity contribution in [2.24, 2.45) is 10.9 Å². The van der Waals surface area contributed by atoms with Crippen molar-refractivity contribution in [2.45, 2.75) is 53.5 Å². The first-order chi connectivity index (χ1) is 14.3. The molecule has 3 heterocycles. The molecule has 0 N–H and O–H groups in total. The van der Waals surface area contributed by atoms with Crippen LogP contribution in [0.3, 0.4) is 0 Å². The molecule has 1 atom stereocenters. The highest BCUT2D eigenvalue weighted by Gasteiger charge is 2.32. The van der Waals surface area contributed by atoms with Gasteiger partial charge < -0.3 is 0 Å². The Morgan fingerprint density at radius 3 is 2.53 bits per heavy atom. The molecule has 1 aliphatic heterocycles. The van der Waals surface area contributed by atoms with E-state index in [-0.39, 0.29) is 11.8 Å². The van der Waals surface area contributed by atoms with Gasteiger partial charge in [-0.15, -0.1) is 21.5 Å². The fourth-order valence-corrected chi connectivity index (χ4v) is 5.23. The Morgan fingerprint density at radius 2 is 1.87 bits per heavy atom. The van der Waals surface area contributed by atoms with Crippen LogP contribution in [0.2, 0.25) is 5.02 Å². The van der Waals surface area contributed by atoms with E-state index in [1.165, 1.54) is 10.4 Å². The average Bonchev–Trinajstić information content (AvgIpc) is 3.14. The van der Waals surface area contributed by atoms with E-state index < -0.39 is 0 Å². The number of hydrogen-bond acceptors (Lipinski definition) is 5. The molecule has 2 aromatic heterocycles.